The monoisotopic (exact) mass is 394 g/mol. The van der Waals surface area contributed by atoms with Crippen LogP contribution in [-0.4, -0.2) is 31.9 Å². The molecule has 1 aliphatic heterocycles. The molecule has 1 heterocycles. The minimum atomic E-state index is -0.840. The number of nitrogens with one attached hydrogen (secondary N) is 1. The Bertz CT molecular complexity index is 943. The zero-order chi connectivity index (χ0) is 20.3. The van der Waals surface area contributed by atoms with E-state index in [-0.39, 0.29) is 12.0 Å². The average Bonchev–Trinajstić information content (AvgIpc) is 3.56. The molecule has 0 unspecified atom stereocenters. The van der Waals surface area contributed by atoms with Gasteiger partial charge in [-0.1, -0.05) is 18.2 Å². The first-order chi connectivity index (χ1) is 14.1. The number of hydrogen-bond acceptors (Lipinski definition) is 4. The van der Waals surface area contributed by atoms with Gasteiger partial charge in [0, 0.05) is 18.5 Å². The van der Waals surface area contributed by atoms with Gasteiger partial charge in [-0.15, -0.1) is 0 Å². The van der Waals surface area contributed by atoms with Crippen molar-refractivity contribution < 1.29 is 18.7 Å². The van der Waals surface area contributed by atoms with Crippen molar-refractivity contribution in [3.63, 3.8) is 0 Å². The topological polar surface area (TPSA) is 71.4 Å². The number of amides is 1. The van der Waals surface area contributed by atoms with E-state index in [4.69, 9.17) is 9.47 Å². The van der Waals surface area contributed by atoms with Crippen LogP contribution >= 0.6 is 0 Å². The molecule has 6 heteroatoms. The summed E-state index contributed by atoms with van der Waals surface area (Å²) in [5.74, 6) is 0.307. The highest BCUT2D eigenvalue weighted by molar-refractivity contribution is 5.97. The number of benzene rings is 2. The quantitative estimate of drug-likeness (QED) is 0.785. The lowest BCUT2D eigenvalue weighted by Gasteiger charge is -2.24. The fourth-order valence-corrected chi connectivity index (χ4v) is 3.49. The van der Waals surface area contributed by atoms with Crippen molar-refractivity contribution in [3.05, 3.63) is 48.0 Å². The second kappa shape index (κ2) is 8.22. The molecular weight excluding hydrogens is 371 g/mol. The van der Waals surface area contributed by atoms with Gasteiger partial charge in [0.1, 0.15) is 24.6 Å². The molecule has 2 aromatic carbocycles. The molecule has 29 heavy (non-hydrogen) atoms. The van der Waals surface area contributed by atoms with Gasteiger partial charge in [0.15, 0.2) is 0 Å². The number of nitrogens with zero attached hydrogens (tertiary/aromatic N) is 1. The van der Waals surface area contributed by atoms with Gasteiger partial charge in [0.2, 0.25) is 5.91 Å². The highest BCUT2D eigenvalue weighted by Gasteiger charge is 2.50. The van der Waals surface area contributed by atoms with Crippen LogP contribution < -0.4 is 10.1 Å². The summed E-state index contributed by atoms with van der Waals surface area (Å²) in [6, 6.07) is 15.1. The van der Waals surface area contributed by atoms with Crippen molar-refractivity contribution in [2.24, 2.45) is 5.41 Å². The summed E-state index contributed by atoms with van der Waals surface area (Å²) in [7, 11) is 0. The van der Waals surface area contributed by atoms with Gasteiger partial charge in [-0.3, -0.25) is 4.79 Å². The highest BCUT2D eigenvalue weighted by Crippen LogP contribution is 2.47. The van der Waals surface area contributed by atoms with Crippen LogP contribution in [0.4, 0.5) is 10.1 Å². The third kappa shape index (κ3) is 4.25. The summed E-state index contributed by atoms with van der Waals surface area (Å²) >= 11 is 0. The van der Waals surface area contributed by atoms with Crippen LogP contribution in [0.5, 0.6) is 5.75 Å². The number of anilines is 1. The first-order valence-corrected chi connectivity index (χ1v) is 9.90. The van der Waals surface area contributed by atoms with Gasteiger partial charge in [-0.2, -0.15) is 5.26 Å². The van der Waals surface area contributed by atoms with Crippen molar-refractivity contribution in [3.8, 4) is 22.9 Å². The van der Waals surface area contributed by atoms with Gasteiger partial charge in [-0.05, 0) is 48.2 Å². The second-order valence-electron chi connectivity index (χ2n) is 7.70. The summed E-state index contributed by atoms with van der Waals surface area (Å²) in [6.07, 6.45) is 2.87. The third-order valence-corrected chi connectivity index (χ3v) is 5.61. The van der Waals surface area contributed by atoms with E-state index in [9.17, 15) is 14.4 Å². The molecular formula is C23H23FN2O3. The number of carbonyl (C=O) groups excluding carboxylic acids is 1. The fraction of sp³-hybridized carbons (Fsp3) is 0.391. The van der Waals surface area contributed by atoms with Crippen molar-refractivity contribution in [1.29, 1.82) is 5.26 Å². The summed E-state index contributed by atoms with van der Waals surface area (Å²) in [5.41, 5.74) is 1.96. The molecule has 0 atom stereocenters. The average molecular weight is 394 g/mol. The van der Waals surface area contributed by atoms with E-state index < -0.39 is 12.1 Å². The van der Waals surface area contributed by atoms with Crippen molar-refractivity contribution >= 4 is 11.6 Å². The molecule has 1 amide bonds. The molecule has 2 aromatic rings. The van der Waals surface area contributed by atoms with Crippen LogP contribution in [0, 0.1) is 16.7 Å². The van der Waals surface area contributed by atoms with E-state index in [1.807, 2.05) is 30.3 Å². The molecule has 4 rings (SSSR count). The minimum Gasteiger partial charge on any atom is -0.489 e. The maximum Gasteiger partial charge on any atom is 0.233 e. The Morgan fingerprint density at radius 2 is 1.97 bits per heavy atom. The number of carbonyl (C=O) groups is 1. The standard InChI is InChI=1S/C23H23FN2O3/c24-15-23(8-9-23)22(27)26-19-3-1-2-16(13-19)17-4-5-21(18(12-17)14-25)29-20-6-10-28-11-7-20/h1-5,12-13,20H,6-11,15H2,(H,26,27). The number of ether oxygens (including phenoxy) is 2. The summed E-state index contributed by atoms with van der Waals surface area (Å²) < 4.78 is 24.5. The maximum atomic E-state index is 13.1. The van der Waals surface area contributed by atoms with Gasteiger partial charge in [0.05, 0.1) is 24.2 Å². The summed E-state index contributed by atoms with van der Waals surface area (Å²) in [6.45, 7) is 0.721. The summed E-state index contributed by atoms with van der Waals surface area (Å²) in [5, 5.41) is 12.4. The Hall–Kier alpha value is -2.91. The van der Waals surface area contributed by atoms with Crippen LogP contribution in [0.15, 0.2) is 42.5 Å². The number of alkyl halides is 1. The smallest absolute Gasteiger partial charge is 0.233 e. The molecule has 1 N–H and O–H groups in total. The minimum absolute atomic E-state index is 0.0606. The zero-order valence-electron chi connectivity index (χ0n) is 16.1. The van der Waals surface area contributed by atoms with Crippen LogP contribution in [0.1, 0.15) is 31.2 Å². The Labute approximate surface area is 169 Å². The summed E-state index contributed by atoms with van der Waals surface area (Å²) in [4.78, 5) is 12.3. The highest BCUT2D eigenvalue weighted by atomic mass is 19.1. The molecule has 0 spiro atoms. The van der Waals surface area contributed by atoms with Crippen molar-refractivity contribution in [2.45, 2.75) is 31.8 Å². The SMILES string of the molecule is N#Cc1cc(-c2cccc(NC(=O)C3(CF)CC3)c2)ccc1OC1CCOCC1. The van der Waals surface area contributed by atoms with Crippen molar-refractivity contribution in [2.75, 3.05) is 25.2 Å². The number of rotatable bonds is 6. The van der Waals surface area contributed by atoms with Crippen LogP contribution in [0.3, 0.4) is 0 Å². The third-order valence-electron chi connectivity index (χ3n) is 5.61. The van der Waals surface area contributed by atoms with Crippen LogP contribution in [0.25, 0.3) is 11.1 Å². The van der Waals surface area contributed by atoms with E-state index in [0.29, 0.717) is 43.1 Å². The Balaban J connectivity index is 1.52. The van der Waals surface area contributed by atoms with E-state index in [2.05, 4.69) is 11.4 Å². The molecule has 0 aromatic heterocycles. The molecule has 1 aliphatic carbocycles. The molecule has 0 bridgehead atoms. The lowest BCUT2D eigenvalue weighted by atomic mass is 10.0. The van der Waals surface area contributed by atoms with E-state index in [1.165, 1.54) is 0 Å². The number of nitriles is 1. The lowest BCUT2D eigenvalue weighted by Crippen LogP contribution is -2.26. The number of hydrogen-bond donors (Lipinski definition) is 1. The van der Waals surface area contributed by atoms with Crippen LogP contribution in [0.2, 0.25) is 0 Å². The second-order valence-corrected chi connectivity index (χ2v) is 7.70. The molecule has 1 saturated heterocycles. The van der Waals surface area contributed by atoms with Gasteiger partial charge < -0.3 is 14.8 Å². The first-order valence-electron chi connectivity index (χ1n) is 9.90. The normalized spacial score (nSPS) is 17.9. The molecule has 0 radical (unpaired) electrons. The molecule has 5 nitrogen and oxygen atoms in total. The fourth-order valence-electron chi connectivity index (χ4n) is 3.49. The van der Waals surface area contributed by atoms with Crippen molar-refractivity contribution in [1.82, 2.24) is 0 Å². The maximum absolute atomic E-state index is 13.1. The first kappa shape index (κ1) is 19.4. The van der Waals surface area contributed by atoms with E-state index in [1.54, 1.807) is 12.1 Å². The number of halogens is 1. The Kier molecular flexibility index (Phi) is 5.50. The van der Waals surface area contributed by atoms with Gasteiger partial charge in [-0.25, -0.2) is 4.39 Å². The molecule has 1 saturated carbocycles. The predicted octanol–water partition coefficient (Wildman–Crippen LogP) is 4.47. The molecule has 2 aliphatic rings. The Morgan fingerprint density at radius 3 is 2.66 bits per heavy atom. The molecule has 2 fully saturated rings. The van der Waals surface area contributed by atoms with E-state index >= 15 is 0 Å². The lowest BCUT2D eigenvalue weighted by molar-refractivity contribution is -0.121. The van der Waals surface area contributed by atoms with Gasteiger partial charge in [0.25, 0.3) is 0 Å². The Morgan fingerprint density at radius 1 is 1.21 bits per heavy atom. The van der Waals surface area contributed by atoms with Crippen LogP contribution in [-0.2, 0) is 9.53 Å². The zero-order valence-corrected chi connectivity index (χ0v) is 16.1. The van der Waals surface area contributed by atoms with Gasteiger partial charge >= 0.3 is 0 Å². The largest absolute Gasteiger partial charge is 0.489 e. The van der Waals surface area contributed by atoms with E-state index in [0.717, 1.165) is 24.0 Å². The predicted molar refractivity (Wildman–Crippen MR) is 107 cm³/mol. The molecule has 150 valence electrons.